The van der Waals surface area contributed by atoms with Crippen molar-refractivity contribution in [1.29, 1.82) is 0 Å². The molecule has 2 bridgehead atoms. The van der Waals surface area contributed by atoms with Gasteiger partial charge in [0.15, 0.2) is 0 Å². The van der Waals surface area contributed by atoms with E-state index in [1.165, 1.54) is 43.3 Å². The van der Waals surface area contributed by atoms with Crippen molar-refractivity contribution >= 4 is 5.97 Å². The van der Waals surface area contributed by atoms with Crippen LogP contribution >= 0.6 is 0 Å². The summed E-state index contributed by atoms with van der Waals surface area (Å²) >= 11 is 0. The average Bonchev–Trinajstić information content (AvgIpc) is 3.35. The summed E-state index contributed by atoms with van der Waals surface area (Å²) < 4.78 is 14.2. The predicted octanol–water partition coefficient (Wildman–Crippen LogP) is 5.20. The lowest BCUT2D eigenvalue weighted by Crippen LogP contribution is -2.60. The molecule has 5 rings (SSSR count). The maximum atomic E-state index is 14.1. The number of carbonyl (C=O) groups excluding carboxylic acids is 1. The number of carbonyl (C=O) groups is 1. The van der Waals surface area contributed by atoms with E-state index >= 15 is 0 Å². The van der Waals surface area contributed by atoms with Crippen LogP contribution in [0.1, 0.15) is 63.5 Å². The monoisotopic (exact) mass is 434 g/mol. The summed E-state index contributed by atoms with van der Waals surface area (Å²) in [5.74, 6) is -0.275. The van der Waals surface area contributed by atoms with Crippen molar-refractivity contribution in [1.82, 2.24) is 0 Å². The molecule has 170 valence electrons. The molecule has 0 saturated carbocycles. The Hall–Kier alpha value is -2.17. The molecular formula is C28H36NO3+. The van der Waals surface area contributed by atoms with Crippen LogP contribution in [0, 0.1) is 0 Å². The Bertz CT molecular complexity index is 865. The lowest BCUT2D eigenvalue weighted by atomic mass is 9.85. The summed E-state index contributed by atoms with van der Waals surface area (Å²) in [6.07, 6.45) is 7.09. The Kier molecular flexibility index (Phi) is 5.85. The average molecular weight is 435 g/mol. The smallest absolute Gasteiger partial charge is 0.348 e. The topological polar surface area (TPSA) is 35.5 Å². The van der Waals surface area contributed by atoms with Gasteiger partial charge in [-0.15, -0.1) is 0 Å². The second-order valence-corrected chi connectivity index (χ2v) is 10.2. The molecule has 0 radical (unpaired) electrons. The highest BCUT2D eigenvalue weighted by Crippen LogP contribution is 2.47. The molecule has 2 aromatic rings. The maximum Gasteiger partial charge on any atom is 0.348 e. The van der Waals surface area contributed by atoms with E-state index in [1.807, 2.05) is 74.5 Å². The first-order valence-electron chi connectivity index (χ1n) is 12.4. The van der Waals surface area contributed by atoms with Crippen LogP contribution in [-0.4, -0.2) is 47.8 Å². The van der Waals surface area contributed by atoms with Gasteiger partial charge in [-0.3, -0.25) is 0 Å². The molecule has 0 N–H and O–H groups in total. The molecule has 0 amide bonds. The lowest BCUT2D eigenvalue weighted by Gasteiger charge is -2.47. The number of hydrogen-bond acceptors (Lipinski definition) is 3. The Labute approximate surface area is 192 Å². The first-order chi connectivity index (χ1) is 15.5. The molecule has 0 aliphatic carbocycles. The van der Waals surface area contributed by atoms with Gasteiger partial charge < -0.3 is 14.0 Å². The number of rotatable bonds is 6. The van der Waals surface area contributed by atoms with E-state index in [2.05, 4.69) is 0 Å². The largest absolute Gasteiger partial charge is 0.459 e. The Morgan fingerprint density at radius 2 is 1.38 bits per heavy atom. The van der Waals surface area contributed by atoms with Crippen molar-refractivity contribution in [3.63, 3.8) is 0 Å². The normalized spacial score (nSPS) is 26.5. The van der Waals surface area contributed by atoms with Crippen LogP contribution in [0.3, 0.4) is 0 Å². The van der Waals surface area contributed by atoms with E-state index in [9.17, 15) is 4.79 Å². The quantitative estimate of drug-likeness (QED) is 0.463. The molecule has 2 aromatic carbocycles. The van der Waals surface area contributed by atoms with Crippen LogP contribution < -0.4 is 0 Å². The second-order valence-electron chi connectivity index (χ2n) is 10.2. The first kappa shape index (κ1) is 21.7. The van der Waals surface area contributed by atoms with Crippen molar-refractivity contribution in [3.8, 4) is 0 Å². The van der Waals surface area contributed by atoms with Gasteiger partial charge >= 0.3 is 5.97 Å². The van der Waals surface area contributed by atoms with Crippen LogP contribution in [0.2, 0.25) is 0 Å². The van der Waals surface area contributed by atoms with Gasteiger partial charge in [-0.05, 0) is 25.0 Å². The van der Waals surface area contributed by atoms with Gasteiger partial charge in [-0.2, -0.15) is 0 Å². The fourth-order valence-corrected chi connectivity index (χ4v) is 6.83. The highest BCUT2D eigenvalue weighted by atomic mass is 16.6. The predicted molar refractivity (Wildman–Crippen MR) is 125 cm³/mol. The van der Waals surface area contributed by atoms with Gasteiger partial charge in [0.2, 0.25) is 5.60 Å². The van der Waals surface area contributed by atoms with Crippen molar-refractivity contribution in [3.05, 3.63) is 71.8 Å². The van der Waals surface area contributed by atoms with E-state index in [0.717, 1.165) is 24.0 Å². The lowest BCUT2D eigenvalue weighted by molar-refractivity contribution is -0.956. The molecule has 2 atom stereocenters. The Morgan fingerprint density at radius 3 is 1.84 bits per heavy atom. The van der Waals surface area contributed by atoms with Gasteiger partial charge in [0.05, 0.1) is 31.3 Å². The summed E-state index contributed by atoms with van der Waals surface area (Å²) in [6.45, 7) is 6.61. The van der Waals surface area contributed by atoms with E-state index in [-0.39, 0.29) is 18.2 Å². The molecule has 0 aromatic heterocycles. The fraction of sp³-hybridized carbons (Fsp3) is 0.536. The minimum Gasteiger partial charge on any atom is -0.459 e. The molecule has 3 saturated heterocycles. The second kappa shape index (κ2) is 8.64. The molecule has 3 fully saturated rings. The fourth-order valence-electron chi connectivity index (χ4n) is 6.83. The highest BCUT2D eigenvalue weighted by Gasteiger charge is 2.56. The Balaban J connectivity index is 1.46. The van der Waals surface area contributed by atoms with Gasteiger partial charge in [-0.25, -0.2) is 4.79 Å². The molecule has 2 unspecified atom stereocenters. The summed E-state index contributed by atoms with van der Waals surface area (Å²) in [6, 6.07) is 21.0. The van der Waals surface area contributed by atoms with Gasteiger partial charge in [0.25, 0.3) is 0 Å². The van der Waals surface area contributed by atoms with E-state index in [1.54, 1.807) is 0 Å². The zero-order valence-electron chi connectivity index (χ0n) is 19.4. The summed E-state index contributed by atoms with van der Waals surface area (Å²) in [4.78, 5) is 14.1. The van der Waals surface area contributed by atoms with E-state index < -0.39 is 5.60 Å². The number of quaternary nitrogens is 1. The maximum absolute atomic E-state index is 14.1. The molecule has 3 aliphatic heterocycles. The number of nitrogens with zero attached hydrogens (tertiary/aromatic N) is 1. The number of esters is 1. The van der Waals surface area contributed by atoms with Crippen LogP contribution in [0.15, 0.2) is 60.7 Å². The Morgan fingerprint density at radius 1 is 0.875 bits per heavy atom. The molecule has 3 aliphatic rings. The van der Waals surface area contributed by atoms with E-state index in [4.69, 9.17) is 9.47 Å². The summed E-state index contributed by atoms with van der Waals surface area (Å²) in [5.41, 5.74) is 0.394. The molecular weight excluding hydrogens is 398 g/mol. The summed E-state index contributed by atoms with van der Waals surface area (Å²) in [7, 11) is 0. The van der Waals surface area contributed by atoms with Crippen LogP contribution in [0.5, 0.6) is 0 Å². The minimum absolute atomic E-state index is 0.0214. The molecule has 1 spiro atoms. The number of piperidine rings is 1. The van der Waals surface area contributed by atoms with Crippen molar-refractivity contribution < 1.29 is 18.8 Å². The standard InChI is InChI=1S/C28H36NO3/c1-21(2)32-28(22-11-5-3-6-12-22,23-13-7-4-8-14-23)27(30)31-26-19-24-15-16-25(20-26)29(24)17-9-10-18-29/h3-8,11-14,21,24-26H,9-10,15-20H2,1-2H3/q+1. The zero-order valence-corrected chi connectivity index (χ0v) is 19.4. The number of ether oxygens (including phenoxy) is 2. The third-order valence-corrected chi connectivity index (χ3v) is 8.09. The number of benzene rings is 2. The first-order valence-corrected chi connectivity index (χ1v) is 12.4. The van der Waals surface area contributed by atoms with Crippen molar-refractivity contribution in [2.45, 2.75) is 82.3 Å². The van der Waals surface area contributed by atoms with Gasteiger partial charge in [-0.1, -0.05) is 60.7 Å². The SMILES string of the molecule is CC(C)OC(C(=O)OC1CC2CCC(C1)[N+]21CCCC1)(c1ccccc1)c1ccccc1. The van der Waals surface area contributed by atoms with Crippen molar-refractivity contribution in [2.24, 2.45) is 0 Å². The summed E-state index contributed by atoms with van der Waals surface area (Å²) in [5, 5.41) is 0. The molecule has 4 nitrogen and oxygen atoms in total. The van der Waals surface area contributed by atoms with Gasteiger partial charge in [0, 0.05) is 38.5 Å². The van der Waals surface area contributed by atoms with E-state index in [0.29, 0.717) is 12.1 Å². The highest BCUT2D eigenvalue weighted by molar-refractivity contribution is 5.86. The number of hydrogen-bond donors (Lipinski definition) is 0. The zero-order chi connectivity index (χ0) is 22.2. The minimum atomic E-state index is -1.26. The van der Waals surface area contributed by atoms with Crippen LogP contribution in [-0.2, 0) is 19.9 Å². The third-order valence-electron chi connectivity index (χ3n) is 8.09. The van der Waals surface area contributed by atoms with Crippen molar-refractivity contribution in [2.75, 3.05) is 13.1 Å². The molecule has 4 heteroatoms. The van der Waals surface area contributed by atoms with Gasteiger partial charge in [0.1, 0.15) is 6.10 Å². The molecule has 32 heavy (non-hydrogen) atoms. The third kappa shape index (κ3) is 3.58. The van der Waals surface area contributed by atoms with Crippen LogP contribution in [0.25, 0.3) is 0 Å². The van der Waals surface area contributed by atoms with Crippen LogP contribution in [0.4, 0.5) is 0 Å². The molecule has 3 heterocycles.